The summed E-state index contributed by atoms with van der Waals surface area (Å²) in [5.74, 6) is 1.09. The fourth-order valence-corrected chi connectivity index (χ4v) is 2.43. The molecule has 2 rings (SSSR count). The molecule has 0 N–H and O–H groups in total. The minimum atomic E-state index is 0.172. The third-order valence-corrected chi connectivity index (χ3v) is 3.21. The Bertz CT molecular complexity index is 362. The van der Waals surface area contributed by atoms with E-state index in [4.69, 9.17) is 21.1 Å². The molecule has 4 heteroatoms. The highest BCUT2D eigenvalue weighted by molar-refractivity contribution is 6.17. The molecule has 0 saturated carbocycles. The van der Waals surface area contributed by atoms with Gasteiger partial charge in [-0.15, -0.1) is 11.6 Å². The molecule has 2 heterocycles. The van der Waals surface area contributed by atoms with Crippen molar-refractivity contribution >= 4 is 11.6 Å². The van der Waals surface area contributed by atoms with Gasteiger partial charge in [0.2, 0.25) is 5.88 Å². The molecular weight excluding hydrogens is 238 g/mol. The van der Waals surface area contributed by atoms with Gasteiger partial charge in [-0.05, 0) is 19.9 Å². The normalized spacial score (nSPS) is 29.0. The lowest BCUT2D eigenvalue weighted by atomic mass is 10.0. The highest BCUT2D eigenvalue weighted by atomic mass is 35.5. The van der Waals surface area contributed by atoms with Crippen LogP contribution in [0, 0.1) is 0 Å². The van der Waals surface area contributed by atoms with E-state index < -0.39 is 0 Å². The van der Waals surface area contributed by atoms with Crippen molar-refractivity contribution in [2.24, 2.45) is 0 Å². The Morgan fingerprint density at radius 1 is 1.41 bits per heavy atom. The van der Waals surface area contributed by atoms with Crippen molar-refractivity contribution in [1.82, 2.24) is 4.98 Å². The van der Waals surface area contributed by atoms with Gasteiger partial charge in [-0.3, -0.25) is 0 Å². The molecule has 94 valence electrons. The number of nitrogens with zero attached hydrogens (tertiary/aromatic N) is 1. The molecule has 1 saturated heterocycles. The van der Waals surface area contributed by atoms with Crippen LogP contribution in [0.3, 0.4) is 0 Å². The molecule has 2 unspecified atom stereocenters. The molecule has 1 fully saturated rings. The first-order valence-corrected chi connectivity index (χ1v) is 6.54. The summed E-state index contributed by atoms with van der Waals surface area (Å²) in [7, 11) is 0. The second-order valence-electron chi connectivity index (χ2n) is 4.57. The zero-order valence-electron chi connectivity index (χ0n) is 10.2. The van der Waals surface area contributed by atoms with Gasteiger partial charge in [0.15, 0.2) is 0 Å². The molecule has 0 aliphatic carbocycles. The second-order valence-corrected chi connectivity index (χ2v) is 4.84. The fourth-order valence-electron chi connectivity index (χ4n) is 2.23. The number of pyridine rings is 1. The van der Waals surface area contributed by atoms with Crippen molar-refractivity contribution in [2.45, 2.75) is 50.9 Å². The maximum Gasteiger partial charge on any atom is 0.218 e. The van der Waals surface area contributed by atoms with Gasteiger partial charge in [0.1, 0.15) is 6.10 Å². The lowest BCUT2D eigenvalue weighted by molar-refractivity contribution is -0.0731. The van der Waals surface area contributed by atoms with Crippen molar-refractivity contribution in [1.29, 1.82) is 0 Å². The molecule has 2 atom stereocenters. The van der Waals surface area contributed by atoms with Crippen LogP contribution in [0.15, 0.2) is 18.3 Å². The van der Waals surface area contributed by atoms with Crippen LogP contribution in [0.25, 0.3) is 0 Å². The van der Waals surface area contributed by atoms with Crippen LogP contribution in [0.1, 0.15) is 32.3 Å². The van der Waals surface area contributed by atoms with Crippen molar-refractivity contribution in [3.8, 4) is 5.88 Å². The van der Waals surface area contributed by atoms with E-state index >= 15 is 0 Å². The summed E-state index contributed by atoms with van der Waals surface area (Å²) in [6.45, 7) is 4.15. The molecular formula is C13H18ClNO2. The molecule has 17 heavy (non-hydrogen) atoms. The number of halogens is 1. The van der Waals surface area contributed by atoms with E-state index in [1.54, 1.807) is 6.20 Å². The van der Waals surface area contributed by atoms with Gasteiger partial charge in [-0.2, -0.15) is 0 Å². The van der Waals surface area contributed by atoms with Crippen molar-refractivity contribution < 1.29 is 9.47 Å². The van der Waals surface area contributed by atoms with Gasteiger partial charge >= 0.3 is 0 Å². The van der Waals surface area contributed by atoms with Crippen LogP contribution in [0.5, 0.6) is 5.88 Å². The summed E-state index contributed by atoms with van der Waals surface area (Å²) >= 11 is 5.86. The Labute approximate surface area is 107 Å². The second kappa shape index (κ2) is 5.69. The third kappa shape index (κ3) is 3.33. The van der Waals surface area contributed by atoms with E-state index in [9.17, 15) is 0 Å². The first-order valence-electron chi connectivity index (χ1n) is 6.01. The predicted octanol–water partition coefficient (Wildman–Crippen LogP) is 3.16. The Morgan fingerprint density at radius 2 is 2.12 bits per heavy atom. The van der Waals surface area contributed by atoms with Crippen molar-refractivity contribution in [3.05, 3.63) is 23.9 Å². The van der Waals surface area contributed by atoms with E-state index in [2.05, 4.69) is 18.8 Å². The Kier molecular flexibility index (Phi) is 4.24. The number of alkyl halides is 1. The van der Waals surface area contributed by atoms with Gasteiger partial charge in [-0.1, -0.05) is 6.07 Å². The molecule has 1 aromatic heterocycles. The third-order valence-electron chi connectivity index (χ3n) is 2.93. The quantitative estimate of drug-likeness (QED) is 0.778. The van der Waals surface area contributed by atoms with E-state index in [1.807, 2.05) is 12.1 Å². The van der Waals surface area contributed by atoms with E-state index in [0.717, 1.165) is 18.4 Å². The summed E-state index contributed by atoms with van der Waals surface area (Å²) in [6.07, 6.45) is 4.20. The molecule has 0 amide bonds. The molecule has 1 aliphatic rings. The monoisotopic (exact) mass is 255 g/mol. The number of rotatable bonds is 3. The Hall–Kier alpha value is -0.800. The predicted molar refractivity (Wildman–Crippen MR) is 67.5 cm³/mol. The molecule has 0 radical (unpaired) electrons. The summed E-state index contributed by atoms with van der Waals surface area (Å²) < 4.78 is 11.6. The maximum atomic E-state index is 5.94. The van der Waals surface area contributed by atoms with E-state index in [-0.39, 0.29) is 18.3 Å². The Morgan fingerprint density at radius 3 is 2.76 bits per heavy atom. The van der Waals surface area contributed by atoms with Gasteiger partial charge < -0.3 is 9.47 Å². The largest absolute Gasteiger partial charge is 0.474 e. The Balaban J connectivity index is 2.04. The SMILES string of the molecule is CC1CC(Oc2ncccc2CCl)CC(C)O1. The maximum absolute atomic E-state index is 5.94. The molecule has 3 nitrogen and oxygen atoms in total. The minimum Gasteiger partial charge on any atom is -0.474 e. The highest BCUT2D eigenvalue weighted by Crippen LogP contribution is 2.25. The minimum absolute atomic E-state index is 0.172. The smallest absolute Gasteiger partial charge is 0.218 e. The number of hydrogen-bond donors (Lipinski definition) is 0. The summed E-state index contributed by atoms with van der Waals surface area (Å²) in [6, 6.07) is 3.82. The van der Waals surface area contributed by atoms with Gasteiger partial charge in [-0.25, -0.2) is 4.98 Å². The fraction of sp³-hybridized carbons (Fsp3) is 0.615. The van der Waals surface area contributed by atoms with Crippen LogP contribution in [0.2, 0.25) is 0 Å². The van der Waals surface area contributed by atoms with E-state index in [0.29, 0.717) is 11.8 Å². The number of aromatic nitrogens is 1. The average Bonchev–Trinajstić information content (AvgIpc) is 2.28. The summed E-state index contributed by atoms with van der Waals surface area (Å²) in [5.41, 5.74) is 0.945. The zero-order valence-corrected chi connectivity index (χ0v) is 11.0. The van der Waals surface area contributed by atoms with Crippen molar-refractivity contribution in [2.75, 3.05) is 0 Å². The van der Waals surface area contributed by atoms with Crippen LogP contribution < -0.4 is 4.74 Å². The van der Waals surface area contributed by atoms with Gasteiger partial charge in [0, 0.05) is 24.6 Å². The van der Waals surface area contributed by atoms with Crippen LogP contribution in [-0.2, 0) is 10.6 Å². The summed E-state index contributed by atoms with van der Waals surface area (Å²) in [4.78, 5) is 4.25. The lowest BCUT2D eigenvalue weighted by Gasteiger charge is -2.32. The lowest BCUT2D eigenvalue weighted by Crippen LogP contribution is -2.36. The molecule has 0 aromatic carbocycles. The zero-order chi connectivity index (χ0) is 12.3. The van der Waals surface area contributed by atoms with Crippen LogP contribution >= 0.6 is 11.6 Å². The number of ether oxygens (including phenoxy) is 2. The molecule has 1 aromatic rings. The van der Waals surface area contributed by atoms with Crippen molar-refractivity contribution in [3.63, 3.8) is 0 Å². The highest BCUT2D eigenvalue weighted by Gasteiger charge is 2.26. The average molecular weight is 256 g/mol. The molecule has 0 spiro atoms. The van der Waals surface area contributed by atoms with E-state index in [1.165, 1.54) is 0 Å². The molecule has 1 aliphatic heterocycles. The van der Waals surface area contributed by atoms with Gasteiger partial charge in [0.05, 0.1) is 18.1 Å². The first kappa shape index (κ1) is 12.7. The first-order chi connectivity index (χ1) is 8.19. The van der Waals surface area contributed by atoms with Crippen LogP contribution in [0.4, 0.5) is 0 Å². The molecule has 0 bridgehead atoms. The van der Waals surface area contributed by atoms with Gasteiger partial charge in [0.25, 0.3) is 0 Å². The topological polar surface area (TPSA) is 31.4 Å². The standard InChI is InChI=1S/C13H18ClNO2/c1-9-6-12(7-10(2)16-9)17-13-11(8-14)4-3-5-15-13/h3-5,9-10,12H,6-8H2,1-2H3. The number of hydrogen-bond acceptors (Lipinski definition) is 3. The van der Waals surface area contributed by atoms with Crippen LogP contribution in [-0.4, -0.2) is 23.3 Å². The summed E-state index contributed by atoms with van der Waals surface area (Å²) in [5, 5.41) is 0.